The molecular formula is C11H15BrN2O3S. The van der Waals surface area contributed by atoms with Crippen LogP contribution < -0.4 is 5.73 Å². The molecule has 0 aliphatic rings. The third-order valence-electron chi connectivity index (χ3n) is 2.41. The second-order valence-electron chi connectivity index (χ2n) is 3.92. The van der Waals surface area contributed by atoms with Gasteiger partial charge in [0.2, 0.25) is 5.91 Å². The predicted octanol–water partition coefficient (Wildman–Crippen LogP) is 1.31. The van der Waals surface area contributed by atoms with Crippen molar-refractivity contribution in [3.05, 3.63) is 20.8 Å². The average Bonchev–Trinajstić information content (AvgIpc) is 2.70. The van der Waals surface area contributed by atoms with Crippen LogP contribution in [0.1, 0.15) is 11.3 Å². The summed E-state index contributed by atoms with van der Waals surface area (Å²) in [5.74, 6) is -1.40. The zero-order valence-electron chi connectivity index (χ0n) is 9.93. The van der Waals surface area contributed by atoms with Gasteiger partial charge in [-0.1, -0.05) is 0 Å². The van der Waals surface area contributed by atoms with E-state index in [4.69, 9.17) is 10.8 Å². The van der Waals surface area contributed by atoms with Crippen molar-refractivity contribution in [2.24, 2.45) is 5.73 Å². The number of rotatable bonds is 6. The Bertz CT molecular complexity index is 436. The Hall–Kier alpha value is -0.920. The molecule has 18 heavy (non-hydrogen) atoms. The van der Waals surface area contributed by atoms with E-state index in [9.17, 15) is 9.59 Å². The molecule has 0 saturated carbocycles. The van der Waals surface area contributed by atoms with Crippen LogP contribution in [0.4, 0.5) is 0 Å². The van der Waals surface area contributed by atoms with E-state index in [-0.39, 0.29) is 12.3 Å². The van der Waals surface area contributed by atoms with Crippen molar-refractivity contribution in [2.75, 3.05) is 13.6 Å². The fourth-order valence-electron chi connectivity index (χ4n) is 1.43. The number of nitrogens with two attached hydrogens (primary N) is 1. The fraction of sp³-hybridized carbons (Fsp3) is 0.455. The van der Waals surface area contributed by atoms with Crippen molar-refractivity contribution >= 4 is 39.1 Å². The zero-order valence-corrected chi connectivity index (χ0v) is 12.3. The standard InChI is InChI=1S/C11H15BrN2O3S/c1-14(11(17)8(13)6-10(15)16)5-4-7-2-3-9(12)18-7/h2-3,8H,4-6,13H2,1H3,(H,15,16). The minimum absolute atomic E-state index is 0.340. The molecule has 1 heterocycles. The van der Waals surface area contributed by atoms with Crippen LogP contribution in [0.2, 0.25) is 0 Å². The quantitative estimate of drug-likeness (QED) is 0.821. The third kappa shape index (κ3) is 4.75. The third-order valence-corrected chi connectivity index (χ3v) is 4.09. The first kappa shape index (κ1) is 15.1. The van der Waals surface area contributed by atoms with Gasteiger partial charge in [-0.2, -0.15) is 0 Å². The van der Waals surface area contributed by atoms with Crippen LogP contribution >= 0.6 is 27.3 Å². The van der Waals surface area contributed by atoms with Crippen LogP contribution in [0.3, 0.4) is 0 Å². The number of halogens is 1. The van der Waals surface area contributed by atoms with Crippen LogP contribution in [0.15, 0.2) is 15.9 Å². The summed E-state index contributed by atoms with van der Waals surface area (Å²) < 4.78 is 1.05. The second-order valence-corrected chi connectivity index (χ2v) is 6.47. The van der Waals surface area contributed by atoms with Crippen molar-refractivity contribution in [3.63, 3.8) is 0 Å². The Labute approximate surface area is 118 Å². The number of amides is 1. The number of likely N-dealkylation sites (N-methyl/N-ethyl adjacent to an activating group) is 1. The maximum Gasteiger partial charge on any atom is 0.305 e. The van der Waals surface area contributed by atoms with Gasteiger partial charge in [0, 0.05) is 18.5 Å². The van der Waals surface area contributed by atoms with Crippen molar-refractivity contribution in [3.8, 4) is 0 Å². The van der Waals surface area contributed by atoms with Gasteiger partial charge in [-0.05, 0) is 34.5 Å². The van der Waals surface area contributed by atoms with E-state index >= 15 is 0 Å². The molecule has 0 aliphatic heterocycles. The van der Waals surface area contributed by atoms with Crippen molar-refractivity contribution in [1.82, 2.24) is 4.90 Å². The molecule has 1 unspecified atom stereocenters. The lowest BCUT2D eigenvalue weighted by molar-refractivity contribution is -0.141. The predicted molar refractivity (Wildman–Crippen MR) is 73.6 cm³/mol. The van der Waals surface area contributed by atoms with Crippen molar-refractivity contribution in [1.29, 1.82) is 0 Å². The number of hydrogen-bond acceptors (Lipinski definition) is 4. The topological polar surface area (TPSA) is 83.6 Å². The summed E-state index contributed by atoms with van der Waals surface area (Å²) >= 11 is 4.98. The van der Waals surface area contributed by atoms with Crippen LogP contribution in [-0.2, 0) is 16.0 Å². The highest BCUT2D eigenvalue weighted by molar-refractivity contribution is 9.11. The summed E-state index contributed by atoms with van der Waals surface area (Å²) in [5.41, 5.74) is 5.52. The first-order valence-corrected chi connectivity index (χ1v) is 6.97. The monoisotopic (exact) mass is 334 g/mol. The minimum Gasteiger partial charge on any atom is -0.481 e. The van der Waals surface area contributed by atoms with E-state index in [0.717, 1.165) is 15.1 Å². The molecule has 0 radical (unpaired) electrons. The van der Waals surface area contributed by atoms with Crippen molar-refractivity contribution in [2.45, 2.75) is 18.9 Å². The first-order valence-electron chi connectivity index (χ1n) is 5.36. The number of aliphatic carboxylic acids is 1. The van der Waals surface area contributed by atoms with E-state index in [1.807, 2.05) is 12.1 Å². The minimum atomic E-state index is -1.06. The Morgan fingerprint density at radius 2 is 2.22 bits per heavy atom. The molecule has 3 N–H and O–H groups in total. The molecule has 100 valence electrons. The molecule has 1 rings (SSSR count). The molecule has 0 bridgehead atoms. The SMILES string of the molecule is CN(CCc1ccc(Br)s1)C(=O)C(N)CC(=O)O. The van der Waals surface area contributed by atoms with Gasteiger partial charge in [0.05, 0.1) is 16.2 Å². The lowest BCUT2D eigenvalue weighted by Crippen LogP contribution is -2.43. The summed E-state index contributed by atoms with van der Waals surface area (Å²) in [4.78, 5) is 24.8. The number of hydrogen-bond donors (Lipinski definition) is 2. The molecule has 0 aliphatic carbocycles. The highest BCUT2D eigenvalue weighted by Gasteiger charge is 2.20. The lowest BCUT2D eigenvalue weighted by Gasteiger charge is -2.20. The first-order chi connectivity index (χ1) is 8.40. The van der Waals surface area contributed by atoms with Crippen LogP contribution in [0, 0.1) is 0 Å². The number of carboxylic acid groups (broad SMARTS) is 1. The van der Waals surface area contributed by atoms with Crippen LogP contribution in [-0.4, -0.2) is 41.5 Å². The largest absolute Gasteiger partial charge is 0.481 e. The van der Waals surface area contributed by atoms with Gasteiger partial charge in [-0.3, -0.25) is 9.59 Å². The van der Waals surface area contributed by atoms with Gasteiger partial charge < -0.3 is 15.7 Å². The second kappa shape index (κ2) is 6.86. The Kier molecular flexibility index (Phi) is 5.77. The number of carboxylic acids is 1. The maximum absolute atomic E-state index is 11.7. The fourth-order valence-corrected chi connectivity index (χ4v) is 2.90. The van der Waals surface area contributed by atoms with E-state index in [1.165, 1.54) is 4.90 Å². The zero-order chi connectivity index (χ0) is 13.7. The van der Waals surface area contributed by atoms with Crippen LogP contribution in [0.25, 0.3) is 0 Å². The van der Waals surface area contributed by atoms with Crippen molar-refractivity contribution < 1.29 is 14.7 Å². The molecule has 0 aromatic carbocycles. The highest BCUT2D eigenvalue weighted by Crippen LogP contribution is 2.22. The van der Waals surface area contributed by atoms with Crippen LogP contribution in [0.5, 0.6) is 0 Å². The summed E-state index contributed by atoms with van der Waals surface area (Å²) in [6, 6.07) is 2.98. The molecule has 5 nitrogen and oxygen atoms in total. The Morgan fingerprint density at radius 3 is 2.72 bits per heavy atom. The van der Waals surface area contributed by atoms with E-state index in [1.54, 1.807) is 18.4 Å². The number of carbonyl (C=O) groups excluding carboxylic acids is 1. The van der Waals surface area contributed by atoms with E-state index < -0.39 is 12.0 Å². The molecule has 1 amide bonds. The average molecular weight is 335 g/mol. The molecule has 1 aromatic rings. The molecular weight excluding hydrogens is 320 g/mol. The lowest BCUT2D eigenvalue weighted by atomic mass is 10.2. The molecule has 7 heteroatoms. The maximum atomic E-state index is 11.7. The van der Waals surface area contributed by atoms with Gasteiger partial charge in [0.25, 0.3) is 0 Å². The van der Waals surface area contributed by atoms with Gasteiger partial charge in [0.1, 0.15) is 0 Å². The van der Waals surface area contributed by atoms with Gasteiger partial charge >= 0.3 is 5.97 Å². The summed E-state index contributed by atoms with van der Waals surface area (Å²) in [7, 11) is 1.63. The van der Waals surface area contributed by atoms with Gasteiger partial charge in [0.15, 0.2) is 0 Å². The normalized spacial score (nSPS) is 12.2. The Morgan fingerprint density at radius 1 is 1.56 bits per heavy atom. The van der Waals surface area contributed by atoms with Gasteiger partial charge in [-0.15, -0.1) is 11.3 Å². The molecule has 0 spiro atoms. The van der Waals surface area contributed by atoms with E-state index in [2.05, 4.69) is 15.9 Å². The summed E-state index contributed by atoms with van der Waals surface area (Å²) in [6.07, 6.45) is 0.395. The molecule has 1 atom stereocenters. The van der Waals surface area contributed by atoms with E-state index in [0.29, 0.717) is 6.54 Å². The Balaban J connectivity index is 2.42. The number of carbonyl (C=O) groups is 2. The summed E-state index contributed by atoms with van der Waals surface area (Å²) in [5, 5.41) is 8.57. The molecule has 0 fully saturated rings. The number of thiophene rings is 1. The molecule has 1 aromatic heterocycles. The van der Waals surface area contributed by atoms with Gasteiger partial charge in [-0.25, -0.2) is 0 Å². The summed E-state index contributed by atoms with van der Waals surface area (Å²) in [6.45, 7) is 0.527. The number of nitrogens with zero attached hydrogens (tertiary/aromatic N) is 1. The smallest absolute Gasteiger partial charge is 0.305 e. The highest BCUT2D eigenvalue weighted by atomic mass is 79.9. The molecule has 0 saturated heterocycles.